The third-order valence-electron chi connectivity index (χ3n) is 3.61. The lowest BCUT2D eigenvalue weighted by molar-refractivity contribution is 0.628. The number of hydrogen-bond acceptors (Lipinski definition) is 5. The lowest BCUT2D eigenvalue weighted by Crippen LogP contribution is -2.19. The van der Waals surface area contributed by atoms with Gasteiger partial charge in [0.05, 0.1) is 0 Å². The van der Waals surface area contributed by atoms with Crippen LogP contribution < -0.4 is 5.56 Å². The van der Waals surface area contributed by atoms with E-state index in [1.165, 1.54) is 28.0 Å². The van der Waals surface area contributed by atoms with Crippen molar-refractivity contribution >= 4 is 16.3 Å². The summed E-state index contributed by atoms with van der Waals surface area (Å²) in [6, 6.07) is 13.4. The average Bonchev–Trinajstić information content (AvgIpc) is 3.02. The zero-order valence-corrected chi connectivity index (χ0v) is 13.4. The molecule has 0 amide bonds. The second-order valence-electron chi connectivity index (χ2n) is 5.33. The first kappa shape index (κ1) is 14.6. The molecule has 0 saturated carbocycles. The van der Waals surface area contributed by atoms with Crippen molar-refractivity contribution in [2.24, 2.45) is 0 Å². The van der Waals surface area contributed by atoms with Crippen molar-refractivity contribution < 1.29 is 4.39 Å². The molecular weight excluding hydrogens is 327 g/mol. The predicted molar refractivity (Wildman–Crippen MR) is 90.5 cm³/mol. The van der Waals surface area contributed by atoms with Crippen LogP contribution in [0, 0.1) is 12.7 Å². The quantitative estimate of drug-likeness (QED) is 0.562. The molecule has 0 aliphatic carbocycles. The van der Waals surface area contributed by atoms with Crippen molar-refractivity contribution in [3.05, 3.63) is 70.3 Å². The van der Waals surface area contributed by atoms with Crippen LogP contribution in [-0.2, 0) is 0 Å². The van der Waals surface area contributed by atoms with E-state index in [4.69, 9.17) is 0 Å². The Morgan fingerprint density at radius 1 is 0.958 bits per heavy atom. The number of benzene rings is 2. The van der Waals surface area contributed by atoms with E-state index in [-0.39, 0.29) is 17.1 Å². The Labute approximate surface area is 140 Å². The SMILES string of the molecule is Cc1ccc(-c2nnc3sc(-c4ccc(F)cc4)nn3c2=O)cc1. The summed E-state index contributed by atoms with van der Waals surface area (Å²) in [6.45, 7) is 1.97. The maximum absolute atomic E-state index is 13.0. The van der Waals surface area contributed by atoms with Gasteiger partial charge in [-0.25, -0.2) is 4.39 Å². The lowest BCUT2D eigenvalue weighted by atomic mass is 10.1. The van der Waals surface area contributed by atoms with Gasteiger partial charge in [-0.3, -0.25) is 4.79 Å². The van der Waals surface area contributed by atoms with Crippen molar-refractivity contribution in [2.75, 3.05) is 0 Å². The van der Waals surface area contributed by atoms with Gasteiger partial charge in [0.15, 0.2) is 5.69 Å². The zero-order valence-electron chi connectivity index (χ0n) is 12.6. The van der Waals surface area contributed by atoms with E-state index in [0.717, 1.165) is 11.1 Å². The first-order chi connectivity index (χ1) is 11.6. The summed E-state index contributed by atoms with van der Waals surface area (Å²) in [4.78, 5) is 13.1. The number of rotatable bonds is 2. The molecule has 0 radical (unpaired) electrons. The highest BCUT2D eigenvalue weighted by molar-refractivity contribution is 7.19. The Balaban J connectivity index is 1.86. The third-order valence-corrected chi connectivity index (χ3v) is 4.55. The molecule has 2 heterocycles. The Morgan fingerprint density at radius 3 is 2.33 bits per heavy atom. The summed E-state index contributed by atoms with van der Waals surface area (Å²) >= 11 is 1.23. The minimum Gasteiger partial charge on any atom is -0.265 e. The lowest BCUT2D eigenvalue weighted by Gasteiger charge is -1.99. The number of nitrogens with zero attached hydrogens (tertiary/aromatic N) is 4. The van der Waals surface area contributed by atoms with Crippen molar-refractivity contribution in [3.8, 4) is 21.8 Å². The van der Waals surface area contributed by atoms with Gasteiger partial charge in [-0.15, -0.1) is 10.2 Å². The second kappa shape index (κ2) is 5.61. The first-order valence-corrected chi connectivity index (χ1v) is 8.03. The Hall–Kier alpha value is -2.93. The van der Waals surface area contributed by atoms with Crippen LogP contribution in [0.1, 0.15) is 5.56 Å². The molecule has 0 aliphatic heterocycles. The van der Waals surface area contributed by atoms with Gasteiger partial charge in [-0.2, -0.15) is 9.61 Å². The third kappa shape index (κ3) is 2.48. The van der Waals surface area contributed by atoms with Crippen LogP contribution in [0.4, 0.5) is 4.39 Å². The molecule has 5 nitrogen and oxygen atoms in total. The molecule has 7 heteroatoms. The van der Waals surface area contributed by atoms with E-state index in [2.05, 4.69) is 15.3 Å². The summed E-state index contributed by atoms with van der Waals surface area (Å²) in [6.07, 6.45) is 0. The largest absolute Gasteiger partial charge is 0.302 e. The van der Waals surface area contributed by atoms with Gasteiger partial charge < -0.3 is 0 Å². The fourth-order valence-electron chi connectivity index (χ4n) is 2.32. The highest BCUT2D eigenvalue weighted by Gasteiger charge is 2.14. The van der Waals surface area contributed by atoms with E-state index in [0.29, 0.717) is 15.5 Å². The molecule has 0 saturated heterocycles. The molecule has 0 N–H and O–H groups in total. The van der Waals surface area contributed by atoms with Gasteiger partial charge in [-0.1, -0.05) is 41.2 Å². The molecule has 118 valence electrons. The average molecular weight is 338 g/mol. The van der Waals surface area contributed by atoms with Crippen LogP contribution >= 0.6 is 11.3 Å². The summed E-state index contributed by atoms with van der Waals surface area (Å²) in [5.41, 5.74) is 2.45. The smallest absolute Gasteiger partial charge is 0.265 e. The molecule has 24 heavy (non-hydrogen) atoms. The molecule has 0 bridgehead atoms. The highest BCUT2D eigenvalue weighted by Crippen LogP contribution is 2.24. The van der Waals surface area contributed by atoms with Gasteiger partial charge >= 0.3 is 5.56 Å². The standard InChI is InChI=1S/C17H11FN4OS/c1-10-2-4-11(5-3-10)14-16(23)22-17(20-19-14)24-15(21-22)12-6-8-13(18)9-7-12/h2-9H,1H3. The van der Waals surface area contributed by atoms with E-state index in [1.54, 1.807) is 12.1 Å². The van der Waals surface area contributed by atoms with Crippen LogP contribution in [0.25, 0.3) is 26.8 Å². The summed E-state index contributed by atoms with van der Waals surface area (Å²) < 4.78 is 14.3. The van der Waals surface area contributed by atoms with Gasteiger partial charge in [0, 0.05) is 11.1 Å². The minimum atomic E-state index is -0.325. The minimum absolute atomic E-state index is 0.253. The number of aromatic nitrogens is 4. The van der Waals surface area contributed by atoms with Crippen molar-refractivity contribution in [3.63, 3.8) is 0 Å². The highest BCUT2D eigenvalue weighted by atomic mass is 32.1. The Bertz CT molecular complexity index is 1080. The van der Waals surface area contributed by atoms with E-state index < -0.39 is 0 Å². The topological polar surface area (TPSA) is 60.1 Å². The molecule has 4 aromatic rings. The monoisotopic (exact) mass is 338 g/mol. The van der Waals surface area contributed by atoms with Gasteiger partial charge in [0.1, 0.15) is 10.8 Å². The number of halogens is 1. The summed E-state index contributed by atoms with van der Waals surface area (Å²) in [7, 11) is 0. The van der Waals surface area contributed by atoms with Crippen LogP contribution in [0.15, 0.2) is 53.3 Å². The van der Waals surface area contributed by atoms with Crippen LogP contribution in [0.5, 0.6) is 0 Å². The van der Waals surface area contributed by atoms with E-state index in [1.807, 2.05) is 31.2 Å². The van der Waals surface area contributed by atoms with E-state index in [9.17, 15) is 9.18 Å². The molecule has 0 fully saturated rings. The van der Waals surface area contributed by atoms with Crippen molar-refractivity contribution in [1.29, 1.82) is 0 Å². The second-order valence-corrected chi connectivity index (χ2v) is 6.28. The maximum atomic E-state index is 13.0. The van der Waals surface area contributed by atoms with Crippen LogP contribution in [0.3, 0.4) is 0 Å². The Kier molecular flexibility index (Phi) is 3.42. The normalized spacial score (nSPS) is 11.1. The van der Waals surface area contributed by atoms with Gasteiger partial charge in [-0.05, 0) is 31.2 Å². The zero-order chi connectivity index (χ0) is 16.7. The molecule has 4 rings (SSSR count). The molecule has 0 spiro atoms. The molecule has 2 aromatic carbocycles. The predicted octanol–water partition coefficient (Wildman–Crippen LogP) is 3.33. The van der Waals surface area contributed by atoms with Crippen molar-refractivity contribution in [2.45, 2.75) is 6.92 Å². The molecule has 0 aliphatic rings. The summed E-state index contributed by atoms with van der Waals surface area (Å²) in [5, 5.41) is 13.1. The number of fused-ring (bicyclic) bond motifs is 1. The number of hydrogen-bond donors (Lipinski definition) is 0. The van der Waals surface area contributed by atoms with Crippen LogP contribution in [0.2, 0.25) is 0 Å². The Morgan fingerprint density at radius 2 is 1.62 bits per heavy atom. The first-order valence-electron chi connectivity index (χ1n) is 7.21. The van der Waals surface area contributed by atoms with Crippen molar-refractivity contribution in [1.82, 2.24) is 19.8 Å². The number of aryl methyl sites for hydroxylation is 1. The van der Waals surface area contributed by atoms with Gasteiger partial charge in [0.25, 0.3) is 0 Å². The summed E-state index contributed by atoms with van der Waals surface area (Å²) in [5.74, 6) is -0.321. The molecule has 0 atom stereocenters. The fraction of sp³-hybridized carbons (Fsp3) is 0.0588. The molecule has 2 aromatic heterocycles. The molecular formula is C17H11FN4OS. The maximum Gasteiger partial charge on any atom is 0.302 e. The molecule has 0 unspecified atom stereocenters. The van der Waals surface area contributed by atoms with E-state index >= 15 is 0 Å². The van der Waals surface area contributed by atoms with Crippen LogP contribution in [-0.4, -0.2) is 19.8 Å². The van der Waals surface area contributed by atoms with Gasteiger partial charge in [0.2, 0.25) is 4.96 Å². The fourth-order valence-corrected chi connectivity index (χ4v) is 3.16.